The van der Waals surface area contributed by atoms with Crippen LogP contribution in [0.2, 0.25) is 5.02 Å². The summed E-state index contributed by atoms with van der Waals surface area (Å²) in [5, 5.41) is 0.745. The number of nitrogens with two attached hydrogens (primary N) is 1. The van der Waals surface area contributed by atoms with E-state index in [9.17, 15) is 4.79 Å². The van der Waals surface area contributed by atoms with E-state index in [0.29, 0.717) is 5.92 Å². The van der Waals surface area contributed by atoms with Crippen LogP contribution >= 0.6 is 11.6 Å². The molecule has 1 aliphatic carbocycles. The van der Waals surface area contributed by atoms with Gasteiger partial charge in [0.1, 0.15) is 0 Å². The fraction of sp³-hybridized carbons (Fsp3) is 0.562. The highest BCUT2D eigenvalue weighted by Gasteiger charge is 2.46. The first-order chi connectivity index (χ1) is 9.98. The van der Waals surface area contributed by atoms with E-state index in [0.717, 1.165) is 49.7 Å². The van der Waals surface area contributed by atoms with E-state index in [1.54, 1.807) is 0 Å². The number of carbonyl (C=O) groups excluding carboxylic acids is 1. The third kappa shape index (κ3) is 3.01. The van der Waals surface area contributed by atoms with Crippen LogP contribution in [0.3, 0.4) is 0 Å². The van der Waals surface area contributed by atoms with Gasteiger partial charge < -0.3 is 15.5 Å². The Morgan fingerprint density at radius 2 is 1.95 bits per heavy atom. The third-order valence-electron chi connectivity index (χ3n) is 4.63. The molecule has 1 saturated heterocycles. The largest absolute Gasteiger partial charge is 0.368 e. The van der Waals surface area contributed by atoms with Crippen molar-refractivity contribution < 1.29 is 4.79 Å². The van der Waals surface area contributed by atoms with Gasteiger partial charge in [0.2, 0.25) is 5.91 Å². The van der Waals surface area contributed by atoms with Crippen LogP contribution in [0.5, 0.6) is 0 Å². The van der Waals surface area contributed by atoms with E-state index in [1.807, 2.05) is 30.0 Å². The van der Waals surface area contributed by atoms with Gasteiger partial charge in [-0.1, -0.05) is 17.7 Å². The van der Waals surface area contributed by atoms with Crippen LogP contribution in [0.15, 0.2) is 24.3 Å². The third-order valence-corrected chi connectivity index (χ3v) is 4.86. The van der Waals surface area contributed by atoms with Gasteiger partial charge in [-0.3, -0.25) is 4.79 Å². The topological polar surface area (TPSA) is 49.6 Å². The van der Waals surface area contributed by atoms with Gasteiger partial charge in [0.15, 0.2) is 0 Å². The number of benzene rings is 1. The molecule has 5 heteroatoms. The first kappa shape index (κ1) is 14.7. The Morgan fingerprint density at radius 3 is 2.52 bits per heavy atom. The number of hydrogen-bond donors (Lipinski definition) is 1. The Labute approximate surface area is 130 Å². The van der Waals surface area contributed by atoms with Crippen LogP contribution < -0.4 is 10.6 Å². The molecular weight excluding hydrogens is 286 g/mol. The normalized spacial score (nSPS) is 22.0. The summed E-state index contributed by atoms with van der Waals surface area (Å²) < 4.78 is 0. The maximum Gasteiger partial charge on any atom is 0.242 e. The Hall–Kier alpha value is -1.26. The summed E-state index contributed by atoms with van der Waals surface area (Å²) >= 11 is 6.04. The van der Waals surface area contributed by atoms with Crippen LogP contribution in [-0.4, -0.2) is 42.5 Å². The molecule has 1 aromatic rings. The number of piperazine rings is 1. The highest BCUT2D eigenvalue weighted by Crippen LogP contribution is 2.39. The summed E-state index contributed by atoms with van der Waals surface area (Å²) in [7, 11) is 0. The van der Waals surface area contributed by atoms with Gasteiger partial charge >= 0.3 is 0 Å². The Kier molecular flexibility index (Phi) is 3.84. The molecule has 0 radical (unpaired) electrons. The van der Waals surface area contributed by atoms with E-state index in [2.05, 4.69) is 11.0 Å². The molecule has 1 heterocycles. The van der Waals surface area contributed by atoms with Crippen molar-refractivity contribution in [2.45, 2.75) is 25.3 Å². The molecule has 2 N–H and O–H groups in total. The number of hydrogen-bond acceptors (Lipinski definition) is 3. The fourth-order valence-corrected chi connectivity index (χ4v) is 3.22. The molecule has 1 aliphatic heterocycles. The van der Waals surface area contributed by atoms with Crippen molar-refractivity contribution in [3.8, 4) is 0 Å². The summed E-state index contributed by atoms with van der Waals surface area (Å²) in [6, 6.07) is 7.86. The van der Waals surface area contributed by atoms with Crippen LogP contribution in [0, 0.1) is 5.92 Å². The molecule has 2 aliphatic rings. The number of amides is 1. The predicted octanol–water partition coefficient (Wildman–Crippen LogP) is 2.12. The lowest BCUT2D eigenvalue weighted by atomic mass is 9.95. The summed E-state index contributed by atoms with van der Waals surface area (Å²) in [5.74, 6) is 0.478. The molecule has 1 atom stereocenters. The first-order valence-electron chi connectivity index (χ1n) is 7.57. The maximum atomic E-state index is 12.6. The second kappa shape index (κ2) is 5.50. The lowest BCUT2D eigenvalue weighted by Crippen LogP contribution is -2.59. The van der Waals surface area contributed by atoms with Crippen LogP contribution in [0.4, 0.5) is 5.69 Å². The summed E-state index contributed by atoms with van der Waals surface area (Å²) in [4.78, 5) is 16.7. The molecule has 0 bridgehead atoms. The number of anilines is 1. The Bertz CT molecular complexity index is 534. The summed E-state index contributed by atoms with van der Waals surface area (Å²) in [6.07, 6.45) is 2.17. The molecular formula is C16H22ClN3O. The second-order valence-corrected chi connectivity index (χ2v) is 6.75. The zero-order chi connectivity index (χ0) is 15.0. The van der Waals surface area contributed by atoms with E-state index in [-0.39, 0.29) is 5.91 Å². The molecule has 0 aromatic heterocycles. The summed E-state index contributed by atoms with van der Waals surface area (Å²) in [6.45, 7) is 4.99. The average Bonchev–Trinajstić information content (AvgIpc) is 3.32. The molecule has 114 valence electrons. The molecule has 1 amide bonds. The van der Waals surface area contributed by atoms with Crippen molar-refractivity contribution in [2.75, 3.05) is 31.1 Å². The Morgan fingerprint density at radius 1 is 1.29 bits per heavy atom. The number of carbonyl (C=O) groups is 1. The van der Waals surface area contributed by atoms with Crippen LogP contribution in [0.25, 0.3) is 0 Å². The van der Waals surface area contributed by atoms with Crippen molar-refractivity contribution in [2.24, 2.45) is 11.7 Å². The Balaban J connectivity index is 1.61. The van der Waals surface area contributed by atoms with E-state index >= 15 is 0 Å². The van der Waals surface area contributed by atoms with Gasteiger partial charge in [-0.25, -0.2) is 0 Å². The minimum Gasteiger partial charge on any atom is -0.368 e. The average molecular weight is 308 g/mol. The SMILES string of the molecule is CC(N)(C(=O)N1CCN(c2cccc(Cl)c2)CC1)C1CC1. The van der Waals surface area contributed by atoms with Crippen molar-refractivity contribution >= 4 is 23.2 Å². The molecule has 0 spiro atoms. The molecule has 21 heavy (non-hydrogen) atoms. The summed E-state index contributed by atoms with van der Waals surface area (Å²) in [5.41, 5.74) is 6.68. The van der Waals surface area contributed by atoms with Gasteiger partial charge in [-0.2, -0.15) is 0 Å². The van der Waals surface area contributed by atoms with Gasteiger partial charge in [0.05, 0.1) is 5.54 Å². The monoisotopic (exact) mass is 307 g/mol. The van der Waals surface area contributed by atoms with Crippen LogP contribution in [0.1, 0.15) is 19.8 Å². The van der Waals surface area contributed by atoms with Gasteiger partial charge in [0.25, 0.3) is 0 Å². The molecule has 3 rings (SSSR count). The highest BCUT2D eigenvalue weighted by atomic mass is 35.5. The van der Waals surface area contributed by atoms with E-state index < -0.39 is 5.54 Å². The zero-order valence-electron chi connectivity index (χ0n) is 12.4. The molecule has 4 nitrogen and oxygen atoms in total. The predicted molar refractivity (Wildman–Crippen MR) is 85.6 cm³/mol. The number of rotatable bonds is 3. The lowest BCUT2D eigenvalue weighted by molar-refractivity contribution is -0.137. The van der Waals surface area contributed by atoms with Crippen molar-refractivity contribution in [3.05, 3.63) is 29.3 Å². The smallest absolute Gasteiger partial charge is 0.242 e. The van der Waals surface area contributed by atoms with Crippen molar-refractivity contribution in [1.29, 1.82) is 0 Å². The van der Waals surface area contributed by atoms with Gasteiger partial charge in [0, 0.05) is 36.9 Å². The molecule has 2 fully saturated rings. The van der Waals surface area contributed by atoms with Crippen molar-refractivity contribution in [3.63, 3.8) is 0 Å². The maximum absolute atomic E-state index is 12.6. The van der Waals surface area contributed by atoms with Gasteiger partial charge in [-0.15, -0.1) is 0 Å². The minimum absolute atomic E-state index is 0.107. The van der Waals surface area contributed by atoms with Gasteiger partial charge in [-0.05, 0) is 43.9 Å². The van der Waals surface area contributed by atoms with Crippen LogP contribution in [-0.2, 0) is 4.79 Å². The first-order valence-corrected chi connectivity index (χ1v) is 7.95. The number of nitrogens with zero attached hydrogens (tertiary/aromatic N) is 2. The fourth-order valence-electron chi connectivity index (χ4n) is 3.04. The second-order valence-electron chi connectivity index (χ2n) is 6.32. The minimum atomic E-state index is -0.682. The highest BCUT2D eigenvalue weighted by molar-refractivity contribution is 6.30. The number of halogens is 1. The quantitative estimate of drug-likeness (QED) is 0.930. The lowest BCUT2D eigenvalue weighted by Gasteiger charge is -2.39. The standard InChI is InChI=1S/C16H22ClN3O/c1-16(18,12-5-6-12)15(21)20-9-7-19(8-10-20)14-4-2-3-13(17)11-14/h2-4,11-12H,5-10,18H2,1H3. The molecule has 1 aromatic carbocycles. The van der Waals surface area contributed by atoms with E-state index in [1.165, 1.54) is 0 Å². The van der Waals surface area contributed by atoms with E-state index in [4.69, 9.17) is 17.3 Å². The zero-order valence-corrected chi connectivity index (χ0v) is 13.1. The molecule has 1 unspecified atom stereocenters. The molecule has 1 saturated carbocycles. The van der Waals surface area contributed by atoms with Crippen molar-refractivity contribution in [1.82, 2.24) is 4.90 Å².